The van der Waals surface area contributed by atoms with Gasteiger partial charge < -0.3 is 10.5 Å². The molecule has 1 aromatic carbocycles. The maximum Gasteiger partial charge on any atom is 0.153 e. The molecule has 106 valence electrons. The Kier molecular flexibility index (Phi) is 4.47. The van der Waals surface area contributed by atoms with Crippen LogP contribution in [0.2, 0.25) is 0 Å². The average Bonchev–Trinajstić information content (AvgIpc) is 2.70. The summed E-state index contributed by atoms with van der Waals surface area (Å²) in [7, 11) is -2.97. The van der Waals surface area contributed by atoms with E-state index in [-0.39, 0.29) is 24.2 Å². The van der Waals surface area contributed by atoms with Gasteiger partial charge >= 0.3 is 0 Å². The van der Waals surface area contributed by atoms with Crippen LogP contribution in [0.25, 0.3) is 0 Å². The van der Waals surface area contributed by atoms with Crippen molar-refractivity contribution in [2.75, 3.05) is 18.1 Å². The van der Waals surface area contributed by atoms with Crippen LogP contribution in [0, 0.1) is 0 Å². The minimum Gasteiger partial charge on any atom is -0.493 e. The van der Waals surface area contributed by atoms with Crippen LogP contribution in [-0.4, -0.2) is 26.5 Å². The summed E-state index contributed by atoms with van der Waals surface area (Å²) in [6, 6.07) is 5.97. The van der Waals surface area contributed by atoms with Crippen LogP contribution in [0.1, 0.15) is 36.9 Å². The van der Waals surface area contributed by atoms with Gasteiger partial charge in [-0.2, -0.15) is 0 Å². The van der Waals surface area contributed by atoms with Gasteiger partial charge in [-0.15, -0.1) is 0 Å². The third kappa shape index (κ3) is 3.70. The van der Waals surface area contributed by atoms with Gasteiger partial charge in [-0.1, -0.05) is 13.0 Å². The molecule has 0 heterocycles. The standard InChI is InChI=1S/C14H21NO3S/c1-2-8-19(16,17)9-7-18-12-4-5-13-11(10-12)3-6-14(13)15/h4-5,10,14H,2-3,6-9,15H2,1H3. The zero-order chi connectivity index (χ0) is 13.9. The predicted octanol–water partition coefficient (Wildman–Crippen LogP) is 1.84. The van der Waals surface area contributed by atoms with Crippen molar-refractivity contribution >= 4 is 9.84 Å². The Morgan fingerprint density at radius 2 is 2.16 bits per heavy atom. The highest BCUT2D eigenvalue weighted by atomic mass is 32.2. The average molecular weight is 283 g/mol. The van der Waals surface area contributed by atoms with E-state index in [9.17, 15) is 8.42 Å². The first-order valence-electron chi connectivity index (χ1n) is 6.73. The van der Waals surface area contributed by atoms with Crippen LogP contribution in [0.3, 0.4) is 0 Å². The molecule has 0 aromatic heterocycles. The number of rotatable bonds is 6. The summed E-state index contributed by atoms with van der Waals surface area (Å²) < 4.78 is 28.6. The van der Waals surface area contributed by atoms with Crippen molar-refractivity contribution in [1.82, 2.24) is 0 Å². The molecular formula is C14H21NO3S. The summed E-state index contributed by atoms with van der Waals surface area (Å²) in [6.45, 7) is 2.08. The van der Waals surface area contributed by atoms with E-state index < -0.39 is 9.84 Å². The van der Waals surface area contributed by atoms with Crippen molar-refractivity contribution in [1.29, 1.82) is 0 Å². The molecule has 0 bridgehead atoms. The molecule has 0 amide bonds. The van der Waals surface area contributed by atoms with Crippen molar-refractivity contribution in [3.63, 3.8) is 0 Å². The quantitative estimate of drug-likeness (QED) is 0.865. The lowest BCUT2D eigenvalue weighted by Gasteiger charge is -2.09. The van der Waals surface area contributed by atoms with Crippen molar-refractivity contribution < 1.29 is 13.2 Å². The normalized spacial score (nSPS) is 18.3. The second kappa shape index (κ2) is 5.92. The molecule has 19 heavy (non-hydrogen) atoms. The third-order valence-electron chi connectivity index (χ3n) is 3.42. The lowest BCUT2D eigenvalue weighted by atomic mass is 10.1. The van der Waals surface area contributed by atoms with E-state index in [1.807, 2.05) is 25.1 Å². The van der Waals surface area contributed by atoms with E-state index in [1.165, 1.54) is 11.1 Å². The Morgan fingerprint density at radius 1 is 1.37 bits per heavy atom. The molecule has 2 N–H and O–H groups in total. The molecule has 0 spiro atoms. The second-order valence-electron chi connectivity index (χ2n) is 5.01. The van der Waals surface area contributed by atoms with Crippen LogP contribution < -0.4 is 10.5 Å². The molecule has 0 radical (unpaired) electrons. The Bertz CT molecular complexity index is 540. The maximum absolute atomic E-state index is 11.6. The van der Waals surface area contributed by atoms with E-state index in [2.05, 4.69) is 0 Å². The van der Waals surface area contributed by atoms with Gasteiger partial charge in [0.2, 0.25) is 0 Å². The SMILES string of the molecule is CCCS(=O)(=O)CCOc1ccc2c(c1)CCC2N. The summed E-state index contributed by atoms with van der Waals surface area (Å²) in [5.74, 6) is 1.05. The lowest BCUT2D eigenvalue weighted by Crippen LogP contribution is -2.16. The number of ether oxygens (including phenoxy) is 1. The van der Waals surface area contributed by atoms with Gasteiger partial charge in [0.05, 0.1) is 11.5 Å². The van der Waals surface area contributed by atoms with Crippen molar-refractivity contribution in [3.05, 3.63) is 29.3 Å². The molecule has 5 heteroatoms. The first-order valence-corrected chi connectivity index (χ1v) is 8.55. The highest BCUT2D eigenvalue weighted by Gasteiger charge is 2.19. The fourth-order valence-corrected chi connectivity index (χ4v) is 3.58. The predicted molar refractivity (Wildman–Crippen MR) is 76.1 cm³/mol. The number of aryl methyl sites for hydroxylation is 1. The van der Waals surface area contributed by atoms with Gasteiger partial charge in [0, 0.05) is 6.04 Å². The smallest absolute Gasteiger partial charge is 0.153 e. The fraction of sp³-hybridized carbons (Fsp3) is 0.571. The van der Waals surface area contributed by atoms with Gasteiger partial charge in [-0.25, -0.2) is 8.42 Å². The zero-order valence-electron chi connectivity index (χ0n) is 11.3. The van der Waals surface area contributed by atoms with E-state index in [1.54, 1.807) is 0 Å². The molecule has 1 atom stereocenters. The Labute approximate surface area is 114 Å². The third-order valence-corrected chi connectivity index (χ3v) is 5.24. The summed E-state index contributed by atoms with van der Waals surface area (Å²) in [5.41, 5.74) is 8.38. The molecular weight excluding hydrogens is 262 g/mol. The highest BCUT2D eigenvalue weighted by Crippen LogP contribution is 2.31. The summed E-state index contributed by atoms with van der Waals surface area (Å²) in [6.07, 6.45) is 2.60. The monoisotopic (exact) mass is 283 g/mol. The van der Waals surface area contributed by atoms with Gasteiger partial charge in [0.15, 0.2) is 9.84 Å². The van der Waals surface area contributed by atoms with Crippen molar-refractivity contribution in [2.45, 2.75) is 32.2 Å². The Hall–Kier alpha value is -1.07. The van der Waals surface area contributed by atoms with E-state index in [0.29, 0.717) is 6.42 Å². The Balaban J connectivity index is 1.91. The molecule has 1 unspecified atom stereocenters. The van der Waals surface area contributed by atoms with Gasteiger partial charge in [-0.3, -0.25) is 0 Å². The highest BCUT2D eigenvalue weighted by molar-refractivity contribution is 7.91. The zero-order valence-corrected chi connectivity index (χ0v) is 12.1. The maximum atomic E-state index is 11.6. The molecule has 1 aliphatic carbocycles. The summed E-state index contributed by atoms with van der Waals surface area (Å²) in [5, 5.41) is 0. The number of sulfone groups is 1. The van der Waals surface area contributed by atoms with Crippen LogP contribution in [0.4, 0.5) is 0 Å². The topological polar surface area (TPSA) is 69.4 Å². The second-order valence-corrected chi connectivity index (χ2v) is 7.31. The van der Waals surface area contributed by atoms with E-state index >= 15 is 0 Å². The van der Waals surface area contributed by atoms with Gasteiger partial charge in [0.1, 0.15) is 12.4 Å². The van der Waals surface area contributed by atoms with Crippen LogP contribution >= 0.6 is 0 Å². The molecule has 0 aliphatic heterocycles. The molecule has 4 nitrogen and oxygen atoms in total. The van der Waals surface area contributed by atoms with Crippen LogP contribution in [0.15, 0.2) is 18.2 Å². The van der Waals surface area contributed by atoms with Crippen LogP contribution in [-0.2, 0) is 16.3 Å². The number of hydrogen-bond acceptors (Lipinski definition) is 4. The molecule has 0 saturated carbocycles. The minimum absolute atomic E-state index is 0.0808. The molecule has 2 rings (SSSR count). The molecule has 1 aliphatic rings. The number of benzene rings is 1. The lowest BCUT2D eigenvalue weighted by molar-refractivity contribution is 0.340. The number of hydrogen-bond donors (Lipinski definition) is 1. The van der Waals surface area contributed by atoms with Gasteiger partial charge in [-0.05, 0) is 42.5 Å². The van der Waals surface area contributed by atoms with Crippen molar-refractivity contribution in [2.24, 2.45) is 5.73 Å². The first-order chi connectivity index (χ1) is 9.02. The molecule has 1 aromatic rings. The largest absolute Gasteiger partial charge is 0.493 e. The fourth-order valence-electron chi connectivity index (χ4n) is 2.42. The van der Waals surface area contributed by atoms with Crippen molar-refractivity contribution in [3.8, 4) is 5.75 Å². The van der Waals surface area contributed by atoms with Gasteiger partial charge in [0.25, 0.3) is 0 Å². The Morgan fingerprint density at radius 3 is 2.89 bits per heavy atom. The number of nitrogens with two attached hydrogens (primary N) is 1. The van der Waals surface area contributed by atoms with E-state index in [0.717, 1.165) is 18.6 Å². The minimum atomic E-state index is -2.97. The number of fused-ring (bicyclic) bond motifs is 1. The van der Waals surface area contributed by atoms with Crippen LogP contribution in [0.5, 0.6) is 5.75 Å². The van der Waals surface area contributed by atoms with E-state index in [4.69, 9.17) is 10.5 Å². The molecule has 0 saturated heterocycles. The first kappa shape index (κ1) is 14.3. The summed E-state index contributed by atoms with van der Waals surface area (Å²) >= 11 is 0. The molecule has 0 fully saturated rings. The summed E-state index contributed by atoms with van der Waals surface area (Å²) in [4.78, 5) is 0.